The molecule has 7 heteroatoms. The highest BCUT2D eigenvalue weighted by molar-refractivity contribution is 9.10. The van der Waals surface area contributed by atoms with Crippen molar-refractivity contribution >= 4 is 26.7 Å². The molecule has 0 bridgehead atoms. The third-order valence-electron chi connectivity index (χ3n) is 4.90. The molecule has 0 atom stereocenters. The van der Waals surface area contributed by atoms with Crippen molar-refractivity contribution in [1.29, 1.82) is 0 Å². The summed E-state index contributed by atoms with van der Waals surface area (Å²) in [5.41, 5.74) is 2.90. The van der Waals surface area contributed by atoms with Gasteiger partial charge in [0.05, 0.1) is 13.2 Å². The molecule has 0 aromatic heterocycles. The predicted molar refractivity (Wildman–Crippen MR) is 101 cm³/mol. The highest BCUT2D eigenvalue weighted by Crippen LogP contribution is 2.50. The predicted octanol–water partition coefficient (Wildman–Crippen LogP) is 3.71. The maximum absolute atomic E-state index is 10.1. The Morgan fingerprint density at radius 2 is 1.63 bits per heavy atom. The van der Waals surface area contributed by atoms with Crippen LogP contribution in [0.15, 0.2) is 34.8 Å². The Kier molecular flexibility index (Phi) is 3.89. The molecule has 5 rings (SSSR count). The molecule has 0 saturated heterocycles. The first kappa shape index (κ1) is 16.7. The molecule has 0 radical (unpaired) electrons. The van der Waals surface area contributed by atoms with Crippen LogP contribution in [0, 0.1) is 0 Å². The summed E-state index contributed by atoms with van der Waals surface area (Å²) in [6, 6.07) is 9.34. The summed E-state index contributed by atoms with van der Waals surface area (Å²) in [6.45, 7) is -0.0966. The van der Waals surface area contributed by atoms with Gasteiger partial charge in [0, 0.05) is 15.2 Å². The highest BCUT2D eigenvalue weighted by Gasteiger charge is 2.26. The Morgan fingerprint density at radius 3 is 2.44 bits per heavy atom. The van der Waals surface area contributed by atoms with Gasteiger partial charge >= 0.3 is 0 Å². The summed E-state index contributed by atoms with van der Waals surface area (Å²) in [7, 11) is 0. The summed E-state index contributed by atoms with van der Waals surface area (Å²) in [4.78, 5) is 0. The van der Waals surface area contributed by atoms with Crippen LogP contribution in [0.2, 0.25) is 0 Å². The number of hydrogen-bond acceptors (Lipinski definition) is 6. The fourth-order valence-electron chi connectivity index (χ4n) is 3.68. The first-order chi connectivity index (χ1) is 13.2. The lowest BCUT2D eigenvalue weighted by Gasteiger charge is -2.18. The molecule has 27 heavy (non-hydrogen) atoms. The van der Waals surface area contributed by atoms with E-state index in [0.717, 1.165) is 26.4 Å². The molecular weight excluding hydrogens is 416 g/mol. The van der Waals surface area contributed by atoms with E-state index < -0.39 is 0 Å². The number of aliphatic hydroxyl groups excluding tert-OH is 2. The molecule has 0 saturated carbocycles. The Bertz CT molecular complexity index is 1080. The number of ether oxygens (including phenoxy) is 4. The minimum atomic E-state index is -0.224. The third-order valence-corrected chi connectivity index (χ3v) is 5.56. The lowest BCUT2D eigenvalue weighted by molar-refractivity contribution is 0.174. The molecule has 2 N–H and O–H groups in total. The van der Waals surface area contributed by atoms with Crippen LogP contribution in [0.3, 0.4) is 0 Å². The van der Waals surface area contributed by atoms with Gasteiger partial charge in [-0.3, -0.25) is 0 Å². The summed E-state index contributed by atoms with van der Waals surface area (Å²) in [5.74, 6) is 2.58. The number of aliphatic hydroxyl groups is 2. The minimum absolute atomic E-state index is 0.137. The van der Waals surface area contributed by atoms with Crippen LogP contribution < -0.4 is 18.9 Å². The zero-order chi connectivity index (χ0) is 18.5. The van der Waals surface area contributed by atoms with E-state index in [2.05, 4.69) is 15.9 Å². The van der Waals surface area contributed by atoms with Gasteiger partial charge in [0.25, 0.3) is 0 Å². The van der Waals surface area contributed by atoms with Gasteiger partial charge in [0.15, 0.2) is 23.0 Å². The normalized spacial score (nSPS) is 14.2. The molecule has 0 amide bonds. The van der Waals surface area contributed by atoms with Gasteiger partial charge in [-0.1, -0.05) is 22.0 Å². The van der Waals surface area contributed by atoms with Crippen molar-refractivity contribution in [2.24, 2.45) is 0 Å². The third kappa shape index (κ3) is 2.46. The quantitative estimate of drug-likeness (QED) is 0.659. The average molecular weight is 431 g/mol. The van der Waals surface area contributed by atoms with Crippen molar-refractivity contribution in [3.8, 4) is 34.1 Å². The minimum Gasteiger partial charge on any atom is -0.454 e. The average Bonchev–Trinajstić information content (AvgIpc) is 3.34. The maximum atomic E-state index is 10.1. The molecule has 0 unspecified atom stereocenters. The lowest BCUT2D eigenvalue weighted by Crippen LogP contribution is -2.00. The first-order valence-electron chi connectivity index (χ1n) is 8.39. The van der Waals surface area contributed by atoms with Crippen molar-refractivity contribution in [3.05, 3.63) is 45.9 Å². The summed E-state index contributed by atoms with van der Waals surface area (Å²) < 4.78 is 23.1. The molecule has 138 valence electrons. The smallest absolute Gasteiger partial charge is 0.231 e. The lowest BCUT2D eigenvalue weighted by atomic mass is 9.89. The van der Waals surface area contributed by atoms with Crippen molar-refractivity contribution in [1.82, 2.24) is 0 Å². The molecule has 6 nitrogen and oxygen atoms in total. The van der Waals surface area contributed by atoms with Crippen LogP contribution in [0.5, 0.6) is 23.0 Å². The second kappa shape index (κ2) is 6.30. The molecule has 2 aliphatic heterocycles. The van der Waals surface area contributed by atoms with Gasteiger partial charge in [-0.25, -0.2) is 0 Å². The van der Waals surface area contributed by atoms with Crippen LogP contribution in [0.1, 0.15) is 11.1 Å². The van der Waals surface area contributed by atoms with Gasteiger partial charge in [-0.2, -0.15) is 0 Å². The van der Waals surface area contributed by atoms with E-state index in [1.165, 1.54) is 0 Å². The molecule has 3 aromatic carbocycles. The summed E-state index contributed by atoms with van der Waals surface area (Å²) in [6.07, 6.45) is 0. The van der Waals surface area contributed by atoms with Gasteiger partial charge in [-0.15, -0.1) is 0 Å². The monoisotopic (exact) mass is 430 g/mol. The molecule has 2 heterocycles. The van der Waals surface area contributed by atoms with Crippen LogP contribution >= 0.6 is 15.9 Å². The fourth-order valence-corrected chi connectivity index (χ4v) is 4.20. The van der Waals surface area contributed by atoms with Crippen LogP contribution in [0.4, 0.5) is 0 Å². The van der Waals surface area contributed by atoms with Crippen molar-refractivity contribution in [2.75, 3.05) is 13.6 Å². The fraction of sp³-hybridized carbons (Fsp3) is 0.200. The standard InChI is InChI=1S/C20H15BrO6/c21-14-5-17-20(27-9-26-17)19-12(14)3-11(6-22)13(7-23)18(19)10-1-2-15-16(4-10)25-8-24-15/h1-5,22-23H,6-9H2. The molecule has 0 spiro atoms. The number of fused-ring (bicyclic) bond motifs is 4. The second-order valence-corrected chi connectivity index (χ2v) is 7.14. The largest absolute Gasteiger partial charge is 0.454 e. The van der Waals surface area contributed by atoms with E-state index in [0.29, 0.717) is 34.1 Å². The van der Waals surface area contributed by atoms with Crippen LogP contribution in [-0.4, -0.2) is 23.8 Å². The number of benzene rings is 3. The number of halogens is 1. The summed E-state index contributed by atoms with van der Waals surface area (Å²) in [5, 5.41) is 21.7. The number of rotatable bonds is 3. The van der Waals surface area contributed by atoms with Gasteiger partial charge < -0.3 is 29.2 Å². The van der Waals surface area contributed by atoms with Crippen molar-refractivity contribution in [3.63, 3.8) is 0 Å². The zero-order valence-corrected chi connectivity index (χ0v) is 15.7. The van der Waals surface area contributed by atoms with Crippen molar-refractivity contribution < 1.29 is 29.2 Å². The van der Waals surface area contributed by atoms with E-state index >= 15 is 0 Å². The second-order valence-electron chi connectivity index (χ2n) is 6.29. The van der Waals surface area contributed by atoms with Gasteiger partial charge in [0.2, 0.25) is 13.6 Å². The van der Waals surface area contributed by atoms with Gasteiger partial charge in [-0.05, 0) is 46.5 Å². The maximum Gasteiger partial charge on any atom is 0.231 e. The van der Waals surface area contributed by atoms with Crippen LogP contribution in [-0.2, 0) is 13.2 Å². The molecule has 2 aliphatic rings. The van der Waals surface area contributed by atoms with E-state index in [1.54, 1.807) is 0 Å². The van der Waals surface area contributed by atoms with E-state index in [1.807, 2.05) is 30.3 Å². The van der Waals surface area contributed by atoms with E-state index in [-0.39, 0.29) is 26.8 Å². The molecule has 3 aromatic rings. The zero-order valence-electron chi connectivity index (χ0n) is 14.1. The molecule has 0 aliphatic carbocycles. The Labute approximate surface area is 163 Å². The summed E-state index contributed by atoms with van der Waals surface area (Å²) >= 11 is 3.59. The van der Waals surface area contributed by atoms with Gasteiger partial charge in [0.1, 0.15) is 0 Å². The van der Waals surface area contributed by atoms with Crippen LogP contribution in [0.25, 0.3) is 21.9 Å². The molecule has 0 fully saturated rings. The first-order valence-corrected chi connectivity index (χ1v) is 9.19. The molecular formula is C20H15BrO6. The Morgan fingerprint density at radius 1 is 0.852 bits per heavy atom. The van der Waals surface area contributed by atoms with Crippen molar-refractivity contribution in [2.45, 2.75) is 13.2 Å². The topological polar surface area (TPSA) is 77.4 Å². The Balaban J connectivity index is 1.91. The SMILES string of the molecule is OCc1cc2c(Br)cc3c(c2c(-c2ccc4c(c2)OCO4)c1CO)OCO3. The number of hydrogen-bond donors (Lipinski definition) is 2. The van der Waals surface area contributed by atoms with E-state index in [4.69, 9.17) is 18.9 Å². The van der Waals surface area contributed by atoms with E-state index in [9.17, 15) is 10.2 Å². The highest BCUT2D eigenvalue weighted by atomic mass is 79.9. The Hall–Kier alpha value is -2.48.